The van der Waals surface area contributed by atoms with Crippen molar-refractivity contribution in [2.75, 3.05) is 6.54 Å². The van der Waals surface area contributed by atoms with Crippen LogP contribution in [0.5, 0.6) is 0 Å². The van der Waals surface area contributed by atoms with Crippen LogP contribution in [-0.2, 0) is 21.9 Å². The first-order chi connectivity index (χ1) is 14.7. The fourth-order valence-corrected chi connectivity index (χ4v) is 4.12. The number of para-hydroxylation sites is 1. The molecule has 2 amide bonds. The Hall–Kier alpha value is -3.50. The first kappa shape index (κ1) is 22.2. The second-order valence-corrected chi connectivity index (χ2v) is 8.67. The van der Waals surface area contributed by atoms with E-state index in [2.05, 4.69) is 15.6 Å². The minimum Gasteiger partial charge on any atom is -0.350 e. The van der Waals surface area contributed by atoms with E-state index >= 15 is 0 Å². The zero-order chi connectivity index (χ0) is 22.6. The summed E-state index contributed by atoms with van der Waals surface area (Å²) < 4.78 is 28.8. The smallest absolute Gasteiger partial charge is 0.271 e. The Labute approximate surface area is 179 Å². The quantitative estimate of drug-likeness (QED) is 0.378. The summed E-state index contributed by atoms with van der Waals surface area (Å²) in [7, 11) is -2.06. The Bertz CT molecular complexity index is 1260. The van der Waals surface area contributed by atoms with E-state index < -0.39 is 21.8 Å². The maximum absolute atomic E-state index is 12.4. The molecular weight excluding hydrogens is 420 g/mol. The topological polar surface area (TPSA) is 126 Å². The van der Waals surface area contributed by atoms with E-state index in [9.17, 15) is 22.8 Å². The molecule has 9 nitrogen and oxygen atoms in total. The van der Waals surface area contributed by atoms with Gasteiger partial charge in [-0.3, -0.25) is 25.2 Å². The van der Waals surface area contributed by atoms with Gasteiger partial charge in [-0.1, -0.05) is 30.3 Å². The summed E-state index contributed by atoms with van der Waals surface area (Å²) in [6.45, 7) is 1.17. The minimum absolute atomic E-state index is 0.0649. The van der Waals surface area contributed by atoms with Crippen LogP contribution >= 0.6 is 0 Å². The summed E-state index contributed by atoms with van der Waals surface area (Å²) in [5.41, 5.74) is 6.17. The number of aryl methyl sites for hydroxylation is 1. The lowest BCUT2D eigenvalue weighted by atomic mass is 10.2. The fourth-order valence-electron chi connectivity index (χ4n) is 3.04. The van der Waals surface area contributed by atoms with Gasteiger partial charge in [-0.05, 0) is 25.1 Å². The molecule has 31 heavy (non-hydrogen) atoms. The number of Topliss-reactive ketones (excluding diaryl/α,β-unsaturated/α-hetero) is 1. The van der Waals surface area contributed by atoms with E-state index in [1.807, 2.05) is 35.9 Å². The molecule has 162 valence electrons. The van der Waals surface area contributed by atoms with Crippen molar-refractivity contribution in [3.05, 3.63) is 65.9 Å². The normalized spacial score (nSPS) is 11.3. The number of carbonyl (C=O) groups excluding carboxylic acids is 3. The van der Waals surface area contributed by atoms with Gasteiger partial charge in [-0.2, -0.15) is 0 Å². The standard InChI is InChI=1S/C21H22N4O5S/c1-14(26)15-6-5-7-16(12-15)31(29,30)22-11-10-20(27)23-24-21(28)18-13-25(2)19-9-4-3-8-17(18)19/h3-9,12-13,22H,10-11H2,1-2H3,(H,23,27)(H,24,28). The van der Waals surface area contributed by atoms with Crippen LogP contribution in [-0.4, -0.2) is 37.1 Å². The van der Waals surface area contributed by atoms with Gasteiger partial charge in [0.05, 0.1) is 10.5 Å². The molecule has 0 aliphatic heterocycles. The lowest BCUT2D eigenvalue weighted by Crippen LogP contribution is -2.42. The number of carbonyl (C=O) groups is 3. The third-order valence-corrected chi connectivity index (χ3v) is 6.11. The Morgan fingerprint density at radius 2 is 1.74 bits per heavy atom. The number of hydrogen-bond donors (Lipinski definition) is 3. The van der Waals surface area contributed by atoms with Gasteiger partial charge in [-0.15, -0.1) is 0 Å². The highest BCUT2D eigenvalue weighted by atomic mass is 32.2. The molecule has 0 atom stereocenters. The first-order valence-electron chi connectivity index (χ1n) is 9.43. The summed E-state index contributed by atoms with van der Waals surface area (Å²) in [4.78, 5) is 35.8. The van der Waals surface area contributed by atoms with Crippen molar-refractivity contribution in [1.82, 2.24) is 20.1 Å². The van der Waals surface area contributed by atoms with Crippen molar-refractivity contribution >= 4 is 38.5 Å². The molecule has 0 aliphatic carbocycles. The number of aromatic nitrogens is 1. The molecule has 0 unspecified atom stereocenters. The van der Waals surface area contributed by atoms with Crippen molar-refractivity contribution in [3.8, 4) is 0 Å². The number of ketones is 1. The molecule has 2 aromatic carbocycles. The maximum Gasteiger partial charge on any atom is 0.271 e. The van der Waals surface area contributed by atoms with Crippen LogP contribution in [0.25, 0.3) is 10.9 Å². The second kappa shape index (κ2) is 9.11. The van der Waals surface area contributed by atoms with Crippen LogP contribution < -0.4 is 15.6 Å². The lowest BCUT2D eigenvalue weighted by Gasteiger charge is -2.09. The van der Waals surface area contributed by atoms with E-state index in [1.54, 1.807) is 6.20 Å². The molecule has 0 spiro atoms. The van der Waals surface area contributed by atoms with Gasteiger partial charge in [-0.25, -0.2) is 13.1 Å². The van der Waals surface area contributed by atoms with Gasteiger partial charge >= 0.3 is 0 Å². The van der Waals surface area contributed by atoms with Gasteiger partial charge < -0.3 is 4.57 Å². The van der Waals surface area contributed by atoms with E-state index in [0.29, 0.717) is 5.56 Å². The number of hydrazine groups is 1. The largest absolute Gasteiger partial charge is 0.350 e. The number of amides is 2. The molecule has 0 saturated heterocycles. The highest BCUT2D eigenvalue weighted by molar-refractivity contribution is 7.89. The Kier molecular flexibility index (Phi) is 6.52. The van der Waals surface area contributed by atoms with Gasteiger partial charge in [0.1, 0.15) is 0 Å². The molecule has 0 fully saturated rings. The number of fused-ring (bicyclic) bond motifs is 1. The summed E-state index contributed by atoms with van der Waals surface area (Å²) in [5, 5.41) is 0.748. The molecule has 3 N–H and O–H groups in total. The van der Waals surface area contributed by atoms with Crippen LogP contribution in [0.4, 0.5) is 0 Å². The molecule has 0 bridgehead atoms. The Balaban J connectivity index is 1.53. The molecular formula is C21H22N4O5S. The van der Waals surface area contributed by atoms with Crippen LogP contribution in [0, 0.1) is 0 Å². The summed E-state index contributed by atoms with van der Waals surface area (Å²) in [6.07, 6.45) is 1.47. The zero-order valence-corrected chi connectivity index (χ0v) is 17.8. The fraction of sp³-hybridized carbons (Fsp3) is 0.190. The number of nitrogens with one attached hydrogen (secondary N) is 3. The van der Waals surface area contributed by atoms with Crippen LogP contribution in [0.15, 0.2) is 59.6 Å². The highest BCUT2D eigenvalue weighted by Gasteiger charge is 2.17. The first-order valence-corrected chi connectivity index (χ1v) is 10.9. The molecule has 0 saturated carbocycles. The molecule has 3 rings (SSSR count). The predicted octanol–water partition coefficient (Wildman–Crippen LogP) is 1.51. The van der Waals surface area contributed by atoms with E-state index in [0.717, 1.165) is 10.9 Å². The third kappa shape index (κ3) is 5.16. The molecule has 3 aromatic rings. The van der Waals surface area contributed by atoms with Crippen LogP contribution in [0.3, 0.4) is 0 Å². The van der Waals surface area contributed by atoms with Crippen molar-refractivity contribution in [1.29, 1.82) is 0 Å². The number of nitrogens with zero attached hydrogens (tertiary/aromatic N) is 1. The van der Waals surface area contributed by atoms with Crippen molar-refractivity contribution in [3.63, 3.8) is 0 Å². The molecule has 1 heterocycles. The number of benzene rings is 2. The predicted molar refractivity (Wildman–Crippen MR) is 115 cm³/mol. The lowest BCUT2D eigenvalue weighted by molar-refractivity contribution is -0.121. The Morgan fingerprint density at radius 1 is 1.00 bits per heavy atom. The van der Waals surface area contributed by atoms with Gasteiger partial charge in [0.2, 0.25) is 15.9 Å². The second-order valence-electron chi connectivity index (χ2n) is 6.90. The summed E-state index contributed by atoms with van der Waals surface area (Å²) in [5.74, 6) is -1.29. The van der Waals surface area contributed by atoms with E-state index in [-0.39, 0.29) is 29.2 Å². The molecule has 1 aromatic heterocycles. The molecule has 10 heteroatoms. The van der Waals surface area contributed by atoms with Crippen molar-refractivity contribution in [2.24, 2.45) is 7.05 Å². The average molecular weight is 442 g/mol. The maximum atomic E-state index is 12.4. The van der Waals surface area contributed by atoms with Gasteiger partial charge in [0, 0.05) is 42.7 Å². The van der Waals surface area contributed by atoms with Crippen LogP contribution in [0.2, 0.25) is 0 Å². The Morgan fingerprint density at radius 3 is 2.48 bits per heavy atom. The SMILES string of the molecule is CC(=O)c1cccc(S(=O)(=O)NCCC(=O)NNC(=O)c2cn(C)c3ccccc23)c1. The summed E-state index contributed by atoms with van der Waals surface area (Å²) in [6, 6.07) is 13.0. The highest BCUT2D eigenvalue weighted by Crippen LogP contribution is 2.19. The molecule has 0 aliphatic rings. The average Bonchev–Trinajstić information content (AvgIpc) is 3.09. The number of sulfonamides is 1. The van der Waals surface area contributed by atoms with Crippen molar-refractivity contribution in [2.45, 2.75) is 18.2 Å². The van der Waals surface area contributed by atoms with Crippen molar-refractivity contribution < 1.29 is 22.8 Å². The van der Waals surface area contributed by atoms with Crippen LogP contribution in [0.1, 0.15) is 34.1 Å². The molecule has 0 radical (unpaired) electrons. The minimum atomic E-state index is -3.88. The van der Waals surface area contributed by atoms with E-state index in [4.69, 9.17) is 0 Å². The van der Waals surface area contributed by atoms with E-state index in [1.165, 1.54) is 31.2 Å². The zero-order valence-electron chi connectivity index (χ0n) is 17.0. The number of hydrogen-bond acceptors (Lipinski definition) is 5. The van der Waals surface area contributed by atoms with Gasteiger partial charge in [0.15, 0.2) is 5.78 Å². The monoisotopic (exact) mass is 442 g/mol. The third-order valence-electron chi connectivity index (χ3n) is 4.65. The summed E-state index contributed by atoms with van der Waals surface area (Å²) >= 11 is 0. The number of rotatable bonds is 7. The van der Waals surface area contributed by atoms with Gasteiger partial charge in [0.25, 0.3) is 5.91 Å².